The second kappa shape index (κ2) is 6.24. The molecule has 2 amide bonds. The average molecular weight is 349 g/mol. The van der Waals surface area contributed by atoms with Gasteiger partial charge in [0.05, 0.1) is 11.9 Å². The van der Waals surface area contributed by atoms with Crippen LogP contribution < -0.4 is 5.32 Å². The minimum absolute atomic E-state index is 0.0136. The molecule has 2 fully saturated rings. The summed E-state index contributed by atoms with van der Waals surface area (Å²) in [5, 5.41) is 2.94. The van der Waals surface area contributed by atoms with Gasteiger partial charge in [-0.3, -0.25) is 14.6 Å². The Morgan fingerprint density at radius 1 is 1.23 bits per heavy atom. The fourth-order valence-corrected chi connectivity index (χ4v) is 3.96. The van der Waals surface area contributed by atoms with Gasteiger partial charge in [0, 0.05) is 36.2 Å². The highest BCUT2D eigenvalue weighted by molar-refractivity contribution is 5.97. The third-order valence-corrected chi connectivity index (χ3v) is 5.86. The van der Waals surface area contributed by atoms with Gasteiger partial charge < -0.3 is 10.2 Å². The molecule has 5 heteroatoms. The first-order chi connectivity index (χ1) is 12.5. The summed E-state index contributed by atoms with van der Waals surface area (Å²) < 4.78 is 0. The van der Waals surface area contributed by atoms with Crippen LogP contribution in [-0.2, 0) is 4.79 Å². The van der Waals surface area contributed by atoms with Crippen LogP contribution in [0.4, 0.5) is 5.69 Å². The summed E-state index contributed by atoms with van der Waals surface area (Å²) in [5.74, 6) is 0.0991. The minimum Gasteiger partial charge on any atom is -0.338 e. The molecule has 2 heterocycles. The lowest BCUT2D eigenvalue weighted by atomic mass is 10.0. The summed E-state index contributed by atoms with van der Waals surface area (Å²) in [6.07, 6.45) is 5.09. The maximum atomic E-state index is 12.8. The van der Waals surface area contributed by atoms with Crippen LogP contribution in [0.5, 0.6) is 0 Å². The highest BCUT2D eigenvalue weighted by Crippen LogP contribution is 2.58. The molecule has 1 saturated carbocycles. The molecule has 1 aliphatic carbocycles. The van der Waals surface area contributed by atoms with Crippen LogP contribution in [0, 0.1) is 25.2 Å². The molecule has 1 aromatic carbocycles. The van der Waals surface area contributed by atoms with Gasteiger partial charge in [-0.15, -0.1) is 0 Å². The van der Waals surface area contributed by atoms with E-state index in [1.165, 1.54) is 5.56 Å². The molecule has 2 aliphatic rings. The normalized spacial score (nSPS) is 23.9. The molecule has 0 radical (unpaired) electrons. The molecule has 1 aliphatic heterocycles. The zero-order valence-electron chi connectivity index (χ0n) is 15.2. The molecule has 2 aromatic rings. The lowest BCUT2D eigenvalue weighted by molar-refractivity contribution is -0.118. The number of anilines is 1. The van der Waals surface area contributed by atoms with Crippen LogP contribution in [0.25, 0.3) is 0 Å². The van der Waals surface area contributed by atoms with Crippen molar-refractivity contribution in [3.8, 4) is 0 Å². The number of carbonyl (C=O) groups is 2. The molecule has 1 N–H and O–H groups in total. The van der Waals surface area contributed by atoms with Crippen molar-refractivity contribution in [3.05, 3.63) is 59.4 Å². The van der Waals surface area contributed by atoms with Crippen molar-refractivity contribution >= 4 is 17.5 Å². The Balaban J connectivity index is 1.40. The monoisotopic (exact) mass is 349 g/mol. The Hall–Kier alpha value is -2.69. The molecular formula is C21H23N3O2. The number of hydrogen-bond donors (Lipinski definition) is 1. The van der Waals surface area contributed by atoms with E-state index >= 15 is 0 Å². The van der Waals surface area contributed by atoms with Crippen LogP contribution in [0.15, 0.2) is 42.7 Å². The van der Waals surface area contributed by atoms with Gasteiger partial charge >= 0.3 is 0 Å². The number of aromatic nitrogens is 1. The van der Waals surface area contributed by atoms with E-state index in [4.69, 9.17) is 0 Å². The predicted molar refractivity (Wildman–Crippen MR) is 99.8 cm³/mol. The quantitative estimate of drug-likeness (QED) is 0.926. The molecule has 1 saturated heterocycles. The van der Waals surface area contributed by atoms with Gasteiger partial charge in [0.15, 0.2) is 0 Å². The summed E-state index contributed by atoms with van der Waals surface area (Å²) in [4.78, 5) is 31.3. The van der Waals surface area contributed by atoms with E-state index < -0.39 is 0 Å². The number of nitrogens with one attached hydrogen (secondary N) is 1. The van der Waals surface area contributed by atoms with Gasteiger partial charge in [-0.2, -0.15) is 0 Å². The van der Waals surface area contributed by atoms with Crippen molar-refractivity contribution in [2.45, 2.75) is 26.7 Å². The number of benzene rings is 1. The van der Waals surface area contributed by atoms with Gasteiger partial charge in [0.25, 0.3) is 5.91 Å². The van der Waals surface area contributed by atoms with Gasteiger partial charge in [-0.1, -0.05) is 6.07 Å². The van der Waals surface area contributed by atoms with E-state index in [2.05, 4.69) is 10.3 Å². The lowest BCUT2D eigenvalue weighted by Gasteiger charge is -2.17. The molecule has 26 heavy (non-hydrogen) atoms. The first-order valence-electron chi connectivity index (χ1n) is 9.06. The van der Waals surface area contributed by atoms with Crippen molar-refractivity contribution in [1.29, 1.82) is 0 Å². The predicted octanol–water partition coefficient (Wildman–Crippen LogP) is 3.19. The number of carbonyl (C=O) groups excluding carboxylic acids is 2. The zero-order chi connectivity index (χ0) is 18.3. The maximum Gasteiger partial charge on any atom is 0.253 e. The van der Waals surface area contributed by atoms with Crippen molar-refractivity contribution in [3.63, 3.8) is 0 Å². The fourth-order valence-electron chi connectivity index (χ4n) is 3.96. The van der Waals surface area contributed by atoms with Crippen LogP contribution in [0.1, 0.15) is 34.3 Å². The summed E-state index contributed by atoms with van der Waals surface area (Å²) >= 11 is 0. The number of aryl methyl sites for hydroxylation is 2. The van der Waals surface area contributed by atoms with E-state index in [1.807, 2.05) is 43.0 Å². The number of pyridine rings is 1. The smallest absolute Gasteiger partial charge is 0.253 e. The molecular weight excluding hydrogens is 326 g/mol. The Bertz CT molecular complexity index is 865. The standard InChI is InChI=1S/C21H23N3O2/c1-14-5-6-16(10-15(14)2)20(26)24-9-7-21(13-24)11-18(21)19(25)23-17-4-3-8-22-12-17/h3-6,8,10,12,18H,7,9,11,13H2,1-2H3,(H,23,25)/t18-,21+/m1/s1. The number of likely N-dealkylation sites (tertiary alicyclic amines) is 1. The molecule has 1 spiro atoms. The van der Waals surface area contributed by atoms with Crippen molar-refractivity contribution in [2.75, 3.05) is 18.4 Å². The van der Waals surface area contributed by atoms with Crippen LogP contribution in [-0.4, -0.2) is 34.8 Å². The van der Waals surface area contributed by atoms with Crippen LogP contribution >= 0.6 is 0 Å². The van der Waals surface area contributed by atoms with E-state index in [9.17, 15) is 9.59 Å². The molecule has 0 unspecified atom stereocenters. The van der Waals surface area contributed by atoms with Crippen molar-refractivity contribution < 1.29 is 9.59 Å². The third-order valence-electron chi connectivity index (χ3n) is 5.86. The van der Waals surface area contributed by atoms with Crippen molar-refractivity contribution in [1.82, 2.24) is 9.88 Å². The largest absolute Gasteiger partial charge is 0.338 e. The molecule has 0 bridgehead atoms. The van der Waals surface area contributed by atoms with Gasteiger partial charge in [-0.25, -0.2) is 0 Å². The zero-order valence-corrected chi connectivity index (χ0v) is 15.2. The number of nitrogens with zero attached hydrogens (tertiary/aromatic N) is 2. The topological polar surface area (TPSA) is 62.3 Å². The molecule has 5 nitrogen and oxygen atoms in total. The highest BCUT2D eigenvalue weighted by atomic mass is 16.2. The Morgan fingerprint density at radius 2 is 2.08 bits per heavy atom. The summed E-state index contributed by atoms with van der Waals surface area (Å²) in [7, 11) is 0. The third kappa shape index (κ3) is 2.98. The average Bonchev–Trinajstić information content (AvgIpc) is 3.18. The van der Waals surface area contributed by atoms with E-state index in [1.54, 1.807) is 18.5 Å². The number of hydrogen-bond acceptors (Lipinski definition) is 3. The minimum atomic E-state index is -0.0400. The van der Waals surface area contributed by atoms with E-state index in [-0.39, 0.29) is 23.1 Å². The lowest BCUT2D eigenvalue weighted by Crippen LogP contribution is -2.30. The first kappa shape index (κ1) is 16.8. The Kier molecular flexibility index (Phi) is 4.02. The first-order valence-corrected chi connectivity index (χ1v) is 9.06. The molecule has 2 atom stereocenters. The Labute approximate surface area is 153 Å². The molecule has 134 valence electrons. The summed E-state index contributed by atoms with van der Waals surface area (Å²) in [6, 6.07) is 9.49. The Morgan fingerprint density at radius 3 is 2.81 bits per heavy atom. The maximum absolute atomic E-state index is 12.8. The van der Waals surface area contributed by atoms with Gasteiger partial charge in [-0.05, 0) is 62.1 Å². The summed E-state index contributed by atoms with van der Waals surface area (Å²) in [6.45, 7) is 5.47. The van der Waals surface area contributed by atoms with E-state index in [0.717, 1.165) is 36.2 Å². The second-order valence-electron chi connectivity index (χ2n) is 7.63. The summed E-state index contributed by atoms with van der Waals surface area (Å²) in [5.41, 5.74) is 3.74. The van der Waals surface area contributed by atoms with Gasteiger partial charge in [0.1, 0.15) is 0 Å². The number of amides is 2. The fraction of sp³-hybridized carbons (Fsp3) is 0.381. The second-order valence-corrected chi connectivity index (χ2v) is 7.63. The number of rotatable bonds is 3. The molecule has 1 aromatic heterocycles. The van der Waals surface area contributed by atoms with Crippen molar-refractivity contribution in [2.24, 2.45) is 11.3 Å². The van der Waals surface area contributed by atoms with E-state index in [0.29, 0.717) is 6.54 Å². The molecule has 4 rings (SSSR count). The SMILES string of the molecule is Cc1ccc(C(=O)N2CC[C@]3(C[C@@H]3C(=O)Nc3cccnc3)C2)cc1C. The van der Waals surface area contributed by atoms with Crippen LogP contribution in [0.2, 0.25) is 0 Å². The van der Waals surface area contributed by atoms with Gasteiger partial charge in [0.2, 0.25) is 5.91 Å². The van der Waals surface area contributed by atoms with Crippen LogP contribution in [0.3, 0.4) is 0 Å². The highest BCUT2D eigenvalue weighted by Gasteiger charge is 2.61.